The Hall–Kier alpha value is -1.32. The predicted molar refractivity (Wildman–Crippen MR) is 73.3 cm³/mol. The minimum atomic E-state index is 0.184. The molecule has 1 aromatic rings. The van der Waals surface area contributed by atoms with Gasteiger partial charge in [0.15, 0.2) is 0 Å². The normalized spacial score (nSPS) is 10.6. The van der Waals surface area contributed by atoms with E-state index in [0.29, 0.717) is 6.54 Å². The van der Waals surface area contributed by atoms with Gasteiger partial charge >= 0.3 is 0 Å². The van der Waals surface area contributed by atoms with Gasteiger partial charge in [-0.2, -0.15) is 0 Å². The number of anilines is 1. The third-order valence-corrected chi connectivity index (χ3v) is 2.66. The predicted octanol–water partition coefficient (Wildman–Crippen LogP) is 1.73. The molecule has 1 aromatic carbocycles. The third-order valence-electron chi connectivity index (χ3n) is 2.66. The second-order valence-corrected chi connectivity index (χ2v) is 4.31. The highest BCUT2D eigenvalue weighted by Gasteiger charge is 2.03. The average molecular weight is 234 g/mol. The van der Waals surface area contributed by atoms with Crippen molar-refractivity contribution in [2.24, 2.45) is 0 Å². The zero-order chi connectivity index (χ0) is 12.7. The van der Waals surface area contributed by atoms with Crippen LogP contribution in [0, 0.1) is 0 Å². The quantitative estimate of drug-likeness (QED) is 0.728. The summed E-state index contributed by atoms with van der Waals surface area (Å²) in [5.41, 5.74) is 2.46. The molecule has 0 amide bonds. The standard InChI is InChI=1S/C14H22N2O/c1-4-9-16(10-11-17)12-13-5-7-14(8-6-13)15(2)3/h4-8,17H,1,9-12H2,2-3H3. The molecule has 17 heavy (non-hydrogen) atoms. The molecule has 0 saturated heterocycles. The number of aliphatic hydroxyl groups is 1. The molecular formula is C14H22N2O. The van der Waals surface area contributed by atoms with Crippen LogP contribution in [-0.2, 0) is 6.54 Å². The zero-order valence-electron chi connectivity index (χ0n) is 10.8. The molecular weight excluding hydrogens is 212 g/mol. The Labute approximate surface area is 104 Å². The summed E-state index contributed by atoms with van der Waals surface area (Å²) in [5, 5.41) is 8.98. The van der Waals surface area contributed by atoms with Crippen molar-refractivity contribution in [3.63, 3.8) is 0 Å². The van der Waals surface area contributed by atoms with E-state index in [4.69, 9.17) is 5.11 Å². The fourth-order valence-corrected chi connectivity index (χ4v) is 1.72. The summed E-state index contributed by atoms with van der Waals surface area (Å²) >= 11 is 0. The monoisotopic (exact) mass is 234 g/mol. The first-order valence-corrected chi connectivity index (χ1v) is 5.87. The number of hydrogen-bond donors (Lipinski definition) is 1. The van der Waals surface area contributed by atoms with Gasteiger partial charge in [0.25, 0.3) is 0 Å². The van der Waals surface area contributed by atoms with Gasteiger partial charge in [-0.15, -0.1) is 6.58 Å². The van der Waals surface area contributed by atoms with E-state index >= 15 is 0 Å². The molecule has 0 bridgehead atoms. The maximum Gasteiger partial charge on any atom is 0.0558 e. The lowest BCUT2D eigenvalue weighted by molar-refractivity contribution is 0.203. The van der Waals surface area contributed by atoms with Crippen molar-refractivity contribution in [1.29, 1.82) is 0 Å². The molecule has 3 heteroatoms. The second kappa shape index (κ2) is 7.09. The summed E-state index contributed by atoms with van der Waals surface area (Å²) in [5.74, 6) is 0. The Balaban J connectivity index is 2.62. The van der Waals surface area contributed by atoms with Crippen LogP contribution in [0.5, 0.6) is 0 Å². The molecule has 0 aliphatic heterocycles. The Morgan fingerprint density at radius 3 is 2.35 bits per heavy atom. The van der Waals surface area contributed by atoms with Gasteiger partial charge in [-0.1, -0.05) is 18.2 Å². The number of hydrogen-bond acceptors (Lipinski definition) is 3. The van der Waals surface area contributed by atoms with E-state index < -0.39 is 0 Å². The molecule has 0 saturated carbocycles. The topological polar surface area (TPSA) is 26.7 Å². The van der Waals surface area contributed by atoms with Crippen LogP contribution < -0.4 is 4.90 Å². The van der Waals surface area contributed by atoms with Crippen LogP contribution in [0.3, 0.4) is 0 Å². The van der Waals surface area contributed by atoms with Gasteiger partial charge in [0.05, 0.1) is 6.61 Å². The smallest absolute Gasteiger partial charge is 0.0558 e. The third kappa shape index (κ3) is 4.59. The van der Waals surface area contributed by atoms with E-state index in [1.54, 1.807) is 0 Å². The van der Waals surface area contributed by atoms with Crippen molar-refractivity contribution < 1.29 is 5.11 Å². The molecule has 0 atom stereocenters. The van der Waals surface area contributed by atoms with Crippen LogP contribution >= 0.6 is 0 Å². The van der Waals surface area contributed by atoms with Crippen molar-refractivity contribution in [2.75, 3.05) is 38.7 Å². The van der Waals surface area contributed by atoms with Crippen molar-refractivity contribution in [3.8, 4) is 0 Å². The molecule has 0 aliphatic carbocycles. The highest BCUT2D eigenvalue weighted by atomic mass is 16.3. The minimum Gasteiger partial charge on any atom is -0.395 e. The summed E-state index contributed by atoms with van der Waals surface area (Å²) in [7, 11) is 4.07. The molecule has 0 aromatic heterocycles. The first-order chi connectivity index (χ1) is 8.17. The summed E-state index contributed by atoms with van der Waals surface area (Å²) < 4.78 is 0. The van der Waals surface area contributed by atoms with E-state index in [0.717, 1.165) is 13.1 Å². The number of nitrogens with zero attached hydrogens (tertiary/aromatic N) is 2. The summed E-state index contributed by atoms with van der Waals surface area (Å²) in [6.07, 6.45) is 1.86. The Kier molecular flexibility index (Phi) is 5.73. The van der Waals surface area contributed by atoms with Gasteiger partial charge in [-0.05, 0) is 17.7 Å². The molecule has 94 valence electrons. The second-order valence-electron chi connectivity index (χ2n) is 4.31. The molecule has 0 aliphatic rings. The SMILES string of the molecule is C=CCN(CCO)Cc1ccc(N(C)C)cc1. The highest BCUT2D eigenvalue weighted by molar-refractivity contribution is 5.45. The fraction of sp³-hybridized carbons (Fsp3) is 0.429. The van der Waals surface area contributed by atoms with Crippen LogP contribution in [0.25, 0.3) is 0 Å². The van der Waals surface area contributed by atoms with Crippen molar-refractivity contribution in [2.45, 2.75) is 6.54 Å². The minimum absolute atomic E-state index is 0.184. The molecule has 3 nitrogen and oxygen atoms in total. The summed E-state index contributed by atoms with van der Waals surface area (Å²) in [6, 6.07) is 8.48. The maximum atomic E-state index is 8.98. The number of aliphatic hydroxyl groups excluding tert-OH is 1. The van der Waals surface area contributed by atoms with Gasteiger partial charge in [0.2, 0.25) is 0 Å². The largest absolute Gasteiger partial charge is 0.395 e. The Morgan fingerprint density at radius 1 is 1.24 bits per heavy atom. The number of benzene rings is 1. The van der Waals surface area contributed by atoms with Crippen LogP contribution in [0.4, 0.5) is 5.69 Å². The van der Waals surface area contributed by atoms with Crippen LogP contribution in [0.15, 0.2) is 36.9 Å². The zero-order valence-corrected chi connectivity index (χ0v) is 10.8. The van der Waals surface area contributed by atoms with Crippen LogP contribution in [-0.4, -0.2) is 43.8 Å². The lowest BCUT2D eigenvalue weighted by Gasteiger charge is -2.20. The molecule has 0 fully saturated rings. The molecule has 1 N–H and O–H groups in total. The van der Waals surface area contributed by atoms with Crippen LogP contribution in [0.1, 0.15) is 5.56 Å². The summed E-state index contributed by atoms with van der Waals surface area (Å²) in [6.45, 7) is 6.25. The average Bonchev–Trinajstić information content (AvgIpc) is 2.30. The first-order valence-electron chi connectivity index (χ1n) is 5.87. The van der Waals surface area contributed by atoms with Gasteiger partial charge in [0, 0.05) is 39.4 Å². The van der Waals surface area contributed by atoms with Gasteiger partial charge in [-0.25, -0.2) is 0 Å². The molecule has 0 unspecified atom stereocenters. The van der Waals surface area contributed by atoms with Crippen molar-refractivity contribution in [3.05, 3.63) is 42.5 Å². The molecule has 1 rings (SSSR count). The number of rotatable bonds is 7. The Morgan fingerprint density at radius 2 is 1.88 bits per heavy atom. The van der Waals surface area contributed by atoms with E-state index in [2.05, 4.69) is 40.6 Å². The van der Waals surface area contributed by atoms with E-state index in [1.165, 1.54) is 11.3 Å². The highest BCUT2D eigenvalue weighted by Crippen LogP contribution is 2.13. The van der Waals surface area contributed by atoms with E-state index in [9.17, 15) is 0 Å². The lowest BCUT2D eigenvalue weighted by Crippen LogP contribution is -2.26. The molecule has 0 radical (unpaired) electrons. The fourth-order valence-electron chi connectivity index (χ4n) is 1.72. The van der Waals surface area contributed by atoms with Gasteiger partial charge in [-0.3, -0.25) is 4.90 Å². The van der Waals surface area contributed by atoms with Crippen LogP contribution in [0.2, 0.25) is 0 Å². The van der Waals surface area contributed by atoms with Crippen molar-refractivity contribution in [1.82, 2.24) is 4.90 Å². The first kappa shape index (κ1) is 13.7. The lowest BCUT2D eigenvalue weighted by atomic mass is 10.2. The molecule has 0 spiro atoms. The van der Waals surface area contributed by atoms with Gasteiger partial charge in [0.1, 0.15) is 0 Å². The van der Waals surface area contributed by atoms with E-state index in [1.807, 2.05) is 20.2 Å². The van der Waals surface area contributed by atoms with E-state index in [-0.39, 0.29) is 6.61 Å². The Bertz CT molecular complexity index is 333. The van der Waals surface area contributed by atoms with Crippen molar-refractivity contribution >= 4 is 5.69 Å². The summed E-state index contributed by atoms with van der Waals surface area (Å²) in [4.78, 5) is 4.25. The maximum absolute atomic E-state index is 8.98. The van der Waals surface area contributed by atoms with Gasteiger partial charge < -0.3 is 10.0 Å². The molecule has 0 heterocycles.